The SMILES string of the molecule is O=C(Nc1ccc2c(c1)OCO2)[C@H]1C[C@@]12CCN(C(=O)c1ccc(Cl)cc1)C2. The second kappa shape index (κ2) is 6.41. The molecule has 2 aromatic carbocycles. The number of carbonyl (C=O) groups is 2. The van der Waals surface area contributed by atoms with Crippen LogP contribution in [0.2, 0.25) is 5.02 Å². The lowest BCUT2D eigenvalue weighted by Gasteiger charge is -2.17. The van der Waals surface area contributed by atoms with Crippen molar-refractivity contribution >= 4 is 29.1 Å². The van der Waals surface area contributed by atoms with E-state index in [-0.39, 0.29) is 29.9 Å². The predicted molar refractivity (Wildman–Crippen MR) is 104 cm³/mol. The van der Waals surface area contributed by atoms with E-state index in [1.807, 2.05) is 11.0 Å². The second-order valence-electron chi connectivity index (χ2n) is 7.66. The lowest BCUT2D eigenvalue weighted by molar-refractivity contribution is -0.118. The number of halogens is 1. The zero-order valence-electron chi connectivity index (χ0n) is 15.1. The van der Waals surface area contributed by atoms with E-state index in [1.165, 1.54) is 0 Å². The third-order valence-electron chi connectivity index (χ3n) is 5.91. The molecule has 6 nitrogen and oxygen atoms in total. The summed E-state index contributed by atoms with van der Waals surface area (Å²) >= 11 is 5.90. The Morgan fingerprint density at radius 1 is 1.11 bits per heavy atom. The fraction of sp³-hybridized carbons (Fsp3) is 0.333. The lowest BCUT2D eigenvalue weighted by Crippen LogP contribution is -2.29. The zero-order chi connectivity index (χ0) is 19.3. The van der Waals surface area contributed by atoms with Gasteiger partial charge in [0, 0.05) is 46.8 Å². The van der Waals surface area contributed by atoms with E-state index in [4.69, 9.17) is 21.1 Å². The highest BCUT2D eigenvalue weighted by atomic mass is 35.5. The molecule has 2 atom stereocenters. The number of benzene rings is 2. The Labute approximate surface area is 167 Å². The number of rotatable bonds is 3. The topological polar surface area (TPSA) is 67.9 Å². The van der Waals surface area contributed by atoms with Gasteiger partial charge < -0.3 is 19.7 Å². The number of nitrogens with zero attached hydrogens (tertiary/aromatic N) is 1. The Hall–Kier alpha value is -2.73. The van der Waals surface area contributed by atoms with Gasteiger partial charge in [-0.05, 0) is 49.2 Å². The summed E-state index contributed by atoms with van der Waals surface area (Å²) in [6.07, 6.45) is 1.67. The highest BCUT2D eigenvalue weighted by molar-refractivity contribution is 6.30. The van der Waals surface area contributed by atoms with Gasteiger partial charge >= 0.3 is 0 Å². The summed E-state index contributed by atoms with van der Waals surface area (Å²) in [5.74, 6) is 1.26. The number of nitrogens with one attached hydrogen (secondary N) is 1. The molecule has 2 amide bonds. The van der Waals surface area contributed by atoms with Gasteiger partial charge in [0.05, 0.1) is 0 Å². The second-order valence-corrected chi connectivity index (χ2v) is 8.10. The molecule has 2 aliphatic heterocycles. The first-order valence-corrected chi connectivity index (χ1v) is 9.67. The first-order chi connectivity index (χ1) is 13.5. The van der Waals surface area contributed by atoms with Gasteiger partial charge in [-0.1, -0.05) is 11.6 Å². The van der Waals surface area contributed by atoms with Crippen molar-refractivity contribution in [1.29, 1.82) is 0 Å². The molecule has 28 heavy (non-hydrogen) atoms. The predicted octanol–water partition coefficient (Wildman–Crippen LogP) is 3.56. The van der Waals surface area contributed by atoms with Crippen LogP contribution in [0.4, 0.5) is 5.69 Å². The van der Waals surface area contributed by atoms with Gasteiger partial charge in [-0.15, -0.1) is 0 Å². The van der Waals surface area contributed by atoms with E-state index >= 15 is 0 Å². The van der Waals surface area contributed by atoms with Crippen molar-refractivity contribution in [3.8, 4) is 11.5 Å². The summed E-state index contributed by atoms with van der Waals surface area (Å²) in [5, 5.41) is 3.58. The van der Waals surface area contributed by atoms with Crippen LogP contribution in [0.1, 0.15) is 23.2 Å². The van der Waals surface area contributed by atoms with Crippen molar-refractivity contribution in [1.82, 2.24) is 4.90 Å². The average Bonchev–Trinajstić information content (AvgIpc) is 3.02. The van der Waals surface area contributed by atoms with E-state index in [2.05, 4.69) is 5.32 Å². The molecule has 1 saturated carbocycles. The highest BCUT2D eigenvalue weighted by Crippen LogP contribution is 2.59. The largest absolute Gasteiger partial charge is 0.454 e. The smallest absolute Gasteiger partial charge is 0.253 e. The van der Waals surface area contributed by atoms with Crippen LogP contribution in [0.5, 0.6) is 11.5 Å². The summed E-state index contributed by atoms with van der Waals surface area (Å²) in [6.45, 7) is 1.50. The van der Waals surface area contributed by atoms with E-state index in [0.717, 1.165) is 12.8 Å². The van der Waals surface area contributed by atoms with Gasteiger partial charge in [-0.3, -0.25) is 9.59 Å². The maximum absolute atomic E-state index is 12.7. The van der Waals surface area contributed by atoms with Gasteiger partial charge in [0.15, 0.2) is 11.5 Å². The number of carbonyl (C=O) groups excluding carboxylic acids is 2. The molecule has 0 radical (unpaired) electrons. The maximum Gasteiger partial charge on any atom is 0.253 e. The van der Waals surface area contributed by atoms with E-state index in [0.29, 0.717) is 40.9 Å². The van der Waals surface area contributed by atoms with Crippen molar-refractivity contribution in [2.24, 2.45) is 11.3 Å². The molecule has 2 heterocycles. The number of fused-ring (bicyclic) bond motifs is 1. The summed E-state index contributed by atoms with van der Waals surface area (Å²) in [4.78, 5) is 27.3. The van der Waals surface area contributed by atoms with Crippen LogP contribution in [0, 0.1) is 11.3 Å². The molecule has 0 bridgehead atoms. The number of hydrogen-bond donors (Lipinski definition) is 1. The molecule has 1 N–H and O–H groups in total. The fourth-order valence-electron chi connectivity index (χ4n) is 4.22. The Morgan fingerprint density at radius 2 is 1.89 bits per heavy atom. The van der Waals surface area contributed by atoms with E-state index in [1.54, 1.807) is 36.4 Å². The van der Waals surface area contributed by atoms with E-state index in [9.17, 15) is 9.59 Å². The Morgan fingerprint density at radius 3 is 2.71 bits per heavy atom. The molecule has 7 heteroatoms. The monoisotopic (exact) mass is 398 g/mol. The normalized spacial score (nSPS) is 24.5. The number of likely N-dealkylation sites (tertiary alicyclic amines) is 1. The molecule has 3 aliphatic rings. The molecule has 144 valence electrons. The van der Waals surface area contributed by atoms with Gasteiger partial charge in [0.25, 0.3) is 5.91 Å². The summed E-state index contributed by atoms with van der Waals surface area (Å²) < 4.78 is 10.6. The number of hydrogen-bond acceptors (Lipinski definition) is 4. The summed E-state index contributed by atoms with van der Waals surface area (Å²) in [7, 11) is 0. The number of anilines is 1. The Balaban J connectivity index is 1.22. The van der Waals surface area contributed by atoms with Crippen LogP contribution in [0.3, 0.4) is 0 Å². The zero-order valence-corrected chi connectivity index (χ0v) is 15.9. The first kappa shape index (κ1) is 17.4. The molecule has 2 fully saturated rings. The van der Waals surface area contributed by atoms with Crippen molar-refractivity contribution in [3.05, 3.63) is 53.1 Å². The maximum atomic E-state index is 12.7. The van der Waals surface area contributed by atoms with Gasteiger partial charge in [-0.2, -0.15) is 0 Å². The van der Waals surface area contributed by atoms with Crippen molar-refractivity contribution < 1.29 is 19.1 Å². The molecule has 0 unspecified atom stereocenters. The van der Waals surface area contributed by atoms with Crippen LogP contribution >= 0.6 is 11.6 Å². The third-order valence-corrected chi connectivity index (χ3v) is 6.16. The molecule has 1 aliphatic carbocycles. The highest BCUT2D eigenvalue weighted by Gasteiger charge is 2.61. The molecule has 0 aromatic heterocycles. The molecule has 1 saturated heterocycles. The number of amides is 2. The van der Waals surface area contributed by atoms with Crippen molar-refractivity contribution in [2.75, 3.05) is 25.2 Å². The minimum Gasteiger partial charge on any atom is -0.454 e. The minimum absolute atomic E-state index is 0.000317. The number of ether oxygens (including phenoxy) is 2. The molecular formula is C21H19ClN2O4. The van der Waals surface area contributed by atoms with Gasteiger partial charge in [0.1, 0.15) is 0 Å². The molecule has 5 rings (SSSR count). The van der Waals surface area contributed by atoms with Crippen LogP contribution in [-0.2, 0) is 4.79 Å². The van der Waals surface area contributed by atoms with Gasteiger partial charge in [-0.25, -0.2) is 0 Å². The van der Waals surface area contributed by atoms with Crippen LogP contribution < -0.4 is 14.8 Å². The molecule has 1 spiro atoms. The van der Waals surface area contributed by atoms with E-state index < -0.39 is 0 Å². The van der Waals surface area contributed by atoms with Crippen LogP contribution in [-0.4, -0.2) is 36.6 Å². The fourth-order valence-corrected chi connectivity index (χ4v) is 4.34. The van der Waals surface area contributed by atoms with Crippen molar-refractivity contribution in [2.45, 2.75) is 12.8 Å². The quantitative estimate of drug-likeness (QED) is 0.858. The van der Waals surface area contributed by atoms with Gasteiger partial charge in [0.2, 0.25) is 12.7 Å². The first-order valence-electron chi connectivity index (χ1n) is 9.29. The summed E-state index contributed by atoms with van der Waals surface area (Å²) in [6, 6.07) is 12.3. The van der Waals surface area contributed by atoms with Crippen LogP contribution in [0.15, 0.2) is 42.5 Å². The Bertz CT molecular complexity index is 961. The molecular weight excluding hydrogens is 380 g/mol. The Kier molecular flexibility index (Phi) is 3.98. The average molecular weight is 399 g/mol. The minimum atomic E-state index is -0.0947. The standard InChI is InChI=1S/C21H19ClN2O4/c22-14-3-1-13(2-4-14)20(26)24-8-7-21(11-24)10-16(21)19(25)23-15-5-6-17-18(9-15)28-12-27-17/h1-6,9,16H,7-8,10-12H2,(H,23,25)/t16-,21-/m1/s1. The van der Waals surface area contributed by atoms with Crippen molar-refractivity contribution in [3.63, 3.8) is 0 Å². The summed E-state index contributed by atoms with van der Waals surface area (Å²) in [5.41, 5.74) is 1.23. The van der Waals surface area contributed by atoms with Crippen LogP contribution in [0.25, 0.3) is 0 Å². The molecule has 2 aromatic rings. The lowest BCUT2D eigenvalue weighted by atomic mass is 10.0. The third kappa shape index (κ3) is 2.98.